The molecule has 1 aromatic heterocycles. The van der Waals surface area contributed by atoms with Gasteiger partial charge in [0.05, 0.1) is 23.7 Å². The van der Waals surface area contributed by atoms with Crippen molar-refractivity contribution in [2.24, 2.45) is 0 Å². The van der Waals surface area contributed by atoms with Crippen LogP contribution in [0, 0.1) is 0 Å². The van der Waals surface area contributed by atoms with Crippen molar-refractivity contribution in [2.45, 2.75) is 26.4 Å². The van der Waals surface area contributed by atoms with Crippen LogP contribution in [0.1, 0.15) is 24.2 Å². The Morgan fingerprint density at radius 1 is 1.08 bits per heavy atom. The molecular formula is C27H30N4O6. The fourth-order valence-electron chi connectivity index (χ4n) is 4.87. The molecular weight excluding hydrogens is 476 g/mol. The van der Waals surface area contributed by atoms with E-state index in [1.807, 2.05) is 35.8 Å². The average molecular weight is 507 g/mol. The zero-order chi connectivity index (χ0) is 26.1. The summed E-state index contributed by atoms with van der Waals surface area (Å²) in [5.74, 6) is 1.06. The van der Waals surface area contributed by atoms with E-state index in [1.54, 1.807) is 31.1 Å². The third-order valence-electron chi connectivity index (χ3n) is 6.90. The molecule has 2 aliphatic rings. The van der Waals surface area contributed by atoms with Crippen molar-refractivity contribution < 1.29 is 23.8 Å². The van der Waals surface area contributed by atoms with Gasteiger partial charge in [0.2, 0.25) is 18.1 Å². The minimum Gasteiger partial charge on any atom is -0.495 e. The Bertz CT molecular complexity index is 1410. The molecule has 194 valence electrons. The van der Waals surface area contributed by atoms with Crippen LogP contribution in [0.25, 0.3) is 10.9 Å². The van der Waals surface area contributed by atoms with Crippen LogP contribution in [0.5, 0.6) is 17.2 Å². The molecule has 1 saturated heterocycles. The maximum atomic E-state index is 13.2. The van der Waals surface area contributed by atoms with Gasteiger partial charge in [0.25, 0.3) is 5.91 Å². The number of amides is 2. The summed E-state index contributed by atoms with van der Waals surface area (Å²) in [5, 5.41) is 3.10. The fourth-order valence-corrected chi connectivity index (χ4v) is 4.87. The van der Waals surface area contributed by atoms with E-state index in [1.165, 1.54) is 6.20 Å². The van der Waals surface area contributed by atoms with Gasteiger partial charge in [-0.1, -0.05) is 12.1 Å². The van der Waals surface area contributed by atoms with Gasteiger partial charge in [0, 0.05) is 45.0 Å². The molecule has 1 atom stereocenters. The van der Waals surface area contributed by atoms with Gasteiger partial charge in [-0.25, -0.2) is 0 Å². The van der Waals surface area contributed by atoms with Crippen LogP contribution in [0.2, 0.25) is 0 Å². The summed E-state index contributed by atoms with van der Waals surface area (Å²) in [6.45, 7) is 6.53. The molecule has 10 heteroatoms. The van der Waals surface area contributed by atoms with Gasteiger partial charge in [-0.3, -0.25) is 14.4 Å². The molecule has 10 nitrogen and oxygen atoms in total. The van der Waals surface area contributed by atoms with Gasteiger partial charge in [-0.15, -0.1) is 0 Å². The van der Waals surface area contributed by atoms with Crippen molar-refractivity contribution in [1.29, 1.82) is 0 Å². The van der Waals surface area contributed by atoms with Gasteiger partial charge in [-0.2, -0.15) is 0 Å². The van der Waals surface area contributed by atoms with Crippen LogP contribution in [-0.2, 0) is 11.3 Å². The number of carbonyl (C=O) groups is 2. The van der Waals surface area contributed by atoms with E-state index in [4.69, 9.17) is 14.2 Å². The highest BCUT2D eigenvalue weighted by molar-refractivity contribution is 6.00. The number of fused-ring (bicyclic) bond motifs is 2. The predicted molar refractivity (Wildman–Crippen MR) is 139 cm³/mol. The van der Waals surface area contributed by atoms with Crippen LogP contribution in [0.4, 0.5) is 5.69 Å². The Hall–Kier alpha value is -4.21. The number of nitrogens with one attached hydrogen (secondary N) is 1. The lowest BCUT2D eigenvalue weighted by molar-refractivity contribution is -0.133. The lowest BCUT2D eigenvalue weighted by Gasteiger charge is -2.37. The van der Waals surface area contributed by atoms with Crippen LogP contribution in [0.3, 0.4) is 0 Å². The second kappa shape index (κ2) is 10.0. The number of ether oxygens (including phenoxy) is 3. The molecule has 3 aromatic rings. The highest BCUT2D eigenvalue weighted by atomic mass is 16.7. The Kier molecular flexibility index (Phi) is 6.64. The SMILES string of the molecule is CCn1cc(C(=O)N[C@H](C)C(=O)N2CCN(c3ccccc3OC)CC2)c(=O)c2cc3c(cc21)OCO3. The number of carbonyl (C=O) groups excluding carboxylic acids is 2. The Morgan fingerprint density at radius 2 is 1.78 bits per heavy atom. The van der Waals surface area contributed by atoms with Gasteiger partial charge in [0.15, 0.2) is 11.5 Å². The first-order valence-electron chi connectivity index (χ1n) is 12.4. The number of pyridine rings is 1. The molecule has 2 aromatic carbocycles. The van der Waals surface area contributed by atoms with E-state index in [2.05, 4.69) is 10.2 Å². The summed E-state index contributed by atoms with van der Waals surface area (Å²) in [6, 6.07) is 10.4. The zero-order valence-electron chi connectivity index (χ0n) is 21.2. The largest absolute Gasteiger partial charge is 0.495 e. The minimum absolute atomic E-state index is 0.0196. The number of aryl methyl sites for hydroxylation is 1. The molecule has 0 unspecified atom stereocenters. The molecule has 5 rings (SSSR count). The first-order chi connectivity index (χ1) is 17.9. The molecule has 37 heavy (non-hydrogen) atoms. The van der Waals surface area contributed by atoms with Gasteiger partial charge in [0.1, 0.15) is 17.4 Å². The summed E-state index contributed by atoms with van der Waals surface area (Å²) in [6.07, 6.45) is 1.53. The molecule has 0 saturated carbocycles. The first kappa shape index (κ1) is 24.5. The smallest absolute Gasteiger partial charge is 0.257 e. The highest BCUT2D eigenvalue weighted by Gasteiger charge is 2.28. The summed E-state index contributed by atoms with van der Waals surface area (Å²) in [4.78, 5) is 43.4. The minimum atomic E-state index is -0.785. The maximum absolute atomic E-state index is 13.2. The van der Waals surface area contributed by atoms with Crippen LogP contribution < -0.4 is 29.9 Å². The number of hydrogen-bond donors (Lipinski definition) is 1. The number of aromatic nitrogens is 1. The van der Waals surface area contributed by atoms with E-state index in [9.17, 15) is 14.4 Å². The van der Waals surface area contributed by atoms with Crippen molar-refractivity contribution in [3.05, 3.63) is 58.4 Å². The normalized spacial score (nSPS) is 15.5. The molecule has 0 radical (unpaired) electrons. The molecule has 2 amide bonds. The first-order valence-corrected chi connectivity index (χ1v) is 12.4. The van der Waals surface area contributed by atoms with E-state index in [0.29, 0.717) is 55.1 Å². The number of piperazine rings is 1. The van der Waals surface area contributed by atoms with Crippen molar-refractivity contribution in [3.63, 3.8) is 0 Å². The molecule has 1 fully saturated rings. The standard InChI is InChI=1S/C27H30N4O6/c1-4-29-15-19(25(32)18-13-23-24(14-21(18)29)37-16-36-23)26(33)28-17(2)27(34)31-11-9-30(10-12-31)20-7-5-6-8-22(20)35-3/h5-8,13-15,17H,4,9-12,16H2,1-3H3,(H,28,33)/t17-/m1/s1. The molecule has 0 spiro atoms. The summed E-state index contributed by atoms with van der Waals surface area (Å²) >= 11 is 0. The van der Waals surface area contributed by atoms with E-state index >= 15 is 0 Å². The number of anilines is 1. The number of benzene rings is 2. The predicted octanol–water partition coefficient (Wildman–Crippen LogP) is 2.23. The number of para-hydroxylation sites is 2. The fraction of sp³-hybridized carbons (Fsp3) is 0.370. The Labute approximate surface area is 214 Å². The lowest BCUT2D eigenvalue weighted by atomic mass is 10.1. The van der Waals surface area contributed by atoms with E-state index in [0.717, 1.165) is 11.4 Å². The van der Waals surface area contributed by atoms with Gasteiger partial charge < -0.3 is 33.9 Å². The Morgan fingerprint density at radius 3 is 2.49 bits per heavy atom. The Balaban J connectivity index is 1.29. The van der Waals surface area contributed by atoms with Crippen LogP contribution in [0.15, 0.2) is 47.4 Å². The number of hydrogen-bond acceptors (Lipinski definition) is 7. The number of methoxy groups -OCH3 is 1. The molecule has 0 bridgehead atoms. The molecule has 1 N–H and O–H groups in total. The topological polar surface area (TPSA) is 102 Å². The highest BCUT2D eigenvalue weighted by Crippen LogP contribution is 2.35. The van der Waals surface area contributed by atoms with Crippen molar-refractivity contribution in [2.75, 3.05) is 45.0 Å². The second-order valence-corrected chi connectivity index (χ2v) is 9.06. The third-order valence-corrected chi connectivity index (χ3v) is 6.90. The number of nitrogens with zero attached hydrogens (tertiary/aromatic N) is 3. The van der Waals surface area contributed by atoms with Crippen molar-refractivity contribution in [1.82, 2.24) is 14.8 Å². The van der Waals surface area contributed by atoms with Crippen molar-refractivity contribution in [3.8, 4) is 17.2 Å². The summed E-state index contributed by atoms with van der Waals surface area (Å²) in [7, 11) is 1.64. The van der Waals surface area contributed by atoms with E-state index in [-0.39, 0.29) is 18.3 Å². The second-order valence-electron chi connectivity index (χ2n) is 9.06. The molecule has 3 heterocycles. The molecule has 0 aliphatic carbocycles. The maximum Gasteiger partial charge on any atom is 0.257 e. The quantitative estimate of drug-likeness (QED) is 0.547. The van der Waals surface area contributed by atoms with Crippen molar-refractivity contribution >= 4 is 28.4 Å². The van der Waals surface area contributed by atoms with Crippen LogP contribution in [-0.4, -0.2) is 67.4 Å². The summed E-state index contributed by atoms with van der Waals surface area (Å²) < 4.78 is 18.1. The van der Waals surface area contributed by atoms with Gasteiger partial charge >= 0.3 is 0 Å². The molecule has 2 aliphatic heterocycles. The summed E-state index contributed by atoms with van der Waals surface area (Å²) in [5.41, 5.74) is 1.21. The monoisotopic (exact) mass is 506 g/mol. The van der Waals surface area contributed by atoms with Gasteiger partial charge in [-0.05, 0) is 32.0 Å². The zero-order valence-corrected chi connectivity index (χ0v) is 21.2. The average Bonchev–Trinajstić information content (AvgIpc) is 3.39. The lowest BCUT2D eigenvalue weighted by Crippen LogP contribution is -2.54. The van der Waals surface area contributed by atoms with E-state index < -0.39 is 17.4 Å². The third kappa shape index (κ3) is 4.54. The van der Waals surface area contributed by atoms with Crippen LogP contribution >= 0.6 is 0 Å². The number of rotatable bonds is 6.